The molecule has 4 nitrogen and oxygen atoms in total. The Morgan fingerprint density at radius 2 is 2.10 bits per heavy atom. The van der Waals surface area contributed by atoms with Gasteiger partial charge in [0.15, 0.2) is 0 Å². The van der Waals surface area contributed by atoms with E-state index in [1.165, 1.54) is 13.4 Å². The van der Waals surface area contributed by atoms with Gasteiger partial charge in [0.1, 0.15) is 16.9 Å². The minimum atomic E-state index is -1.04. The van der Waals surface area contributed by atoms with Crippen LogP contribution in [0.4, 0.5) is 0 Å². The van der Waals surface area contributed by atoms with E-state index in [1.54, 1.807) is 6.07 Å². The summed E-state index contributed by atoms with van der Waals surface area (Å²) in [6.45, 7) is 6.09. The number of methoxy groups -OCH3 is 1. The molecule has 2 rings (SSSR count). The molecular weight excluding hydrogens is 256 g/mol. The van der Waals surface area contributed by atoms with Crippen molar-refractivity contribution in [1.82, 2.24) is 0 Å². The number of rotatable bonds is 4. The van der Waals surface area contributed by atoms with Crippen LogP contribution in [0.1, 0.15) is 36.7 Å². The Hall–Kier alpha value is -2.23. The standard InChI is InChI=1S/C16H18O4/c1-9(2)14-10(3)11-6-5-7-12(15(11)20-14)13(8-19-4)16(17)18/h5-9H,1-4H3,(H,17,18). The van der Waals surface area contributed by atoms with Crippen molar-refractivity contribution in [3.05, 3.63) is 41.3 Å². The smallest absolute Gasteiger partial charge is 0.339 e. The van der Waals surface area contributed by atoms with Gasteiger partial charge >= 0.3 is 5.97 Å². The first-order valence-electron chi connectivity index (χ1n) is 6.46. The predicted octanol–water partition coefficient (Wildman–Crippen LogP) is 3.94. The number of hydrogen-bond donors (Lipinski definition) is 1. The molecule has 0 aliphatic heterocycles. The van der Waals surface area contributed by atoms with Crippen molar-refractivity contribution in [2.75, 3.05) is 7.11 Å². The summed E-state index contributed by atoms with van der Waals surface area (Å²) in [4.78, 5) is 11.4. The molecule has 4 heteroatoms. The number of carboxylic acid groups (broad SMARTS) is 1. The van der Waals surface area contributed by atoms with Crippen LogP contribution in [0.2, 0.25) is 0 Å². The molecule has 1 N–H and O–H groups in total. The minimum Gasteiger partial charge on any atom is -0.503 e. The van der Waals surface area contributed by atoms with Gasteiger partial charge in [-0.15, -0.1) is 0 Å². The number of benzene rings is 1. The molecule has 0 atom stereocenters. The third kappa shape index (κ3) is 2.29. The highest BCUT2D eigenvalue weighted by atomic mass is 16.5. The second kappa shape index (κ2) is 5.41. The van der Waals surface area contributed by atoms with Gasteiger partial charge in [-0.2, -0.15) is 0 Å². The van der Waals surface area contributed by atoms with Crippen molar-refractivity contribution in [3.63, 3.8) is 0 Å². The fourth-order valence-electron chi connectivity index (χ4n) is 2.37. The van der Waals surface area contributed by atoms with Crippen LogP contribution in [0.3, 0.4) is 0 Å². The zero-order valence-electron chi connectivity index (χ0n) is 12.1. The van der Waals surface area contributed by atoms with Crippen LogP contribution in [0.25, 0.3) is 16.5 Å². The lowest BCUT2D eigenvalue weighted by Crippen LogP contribution is -2.00. The molecule has 1 heterocycles. The van der Waals surface area contributed by atoms with Gasteiger partial charge in [-0.3, -0.25) is 0 Å². The van der Waals surface area contributed by atoms with Crippen molar-refractivity contribution in [3.8, 4) is 0 Å². The third-order valence-electron chi connectivity index (χ3n) is 3.28. The Labute approximate surface area is 117 Å². The Bertz CT molecular complexity index is 677. The molecular formula is C16H18O4. The summed E-state index contributed by atoms with van der Waals surface area (Å²) in [7, 11) is 1.43. The first kappa shape index (κ1) is 14.2. The van der Waals surface area contributed by atoms with Gasteiger partial charge in [0.25, 0.3) is 0 Å². The maximum atomic E-state index is 11.4. The lowest BCUT2D eigenvalue weighted by atomic mass is 10.0. The first-order chi connectivity index (χ1) is 9.47. The molecule has 0 spiro atoms. The van der Waals surface area contributed by atoms with Crippen molar-refractivity contribution in [1.29, 1.82) is 0 Å². The first-order valence-corrected chi connectivity index (χ1v) is 6.46. The van der Waals surface area contributed by atoms with Gasteiger partial charge in [0, 0.05) is 16.9 Å². The summed E-state index contributed by atoms with van der Waals surface area (Å²) in [5.74, 6) is 0.0871. The van der Waals surface area contributed by atoms with Gasteiger partial charge in [0.2, 0.25) is 0 Å². The number of para-hydroxylation sites is 1. The van der Waals surface area contributed by atoms with Gasteiger partial charge in [-0.1, -0.05) is 32.0 Å². The average molecular weight is 274 g/mol. The fraction of sp³-hybridized carbons (Fsp3) is 0.312. The topological polar surface area (TPSA) is 59.7 Å². The summed E-state index contributed by atoms with van der Waals surface area (Å²) in [5, 5.41) is 10.3. The number of fused-ring (bicyclic) bond motifs is 1. The number of aliphatic carboxylic acids is 1. The molecule has 0 fully saturated rings. The van der Waals surface area contributed by atoms with Crippen molar-refractivity contribution in [2.24, 2.45) is 0 Å². The lowest BCUT2D eigenvalue weighted by molar-refractivity contribution is -0.130. The van der Waals surface area contributed by atoms with E-state index in [2.05, 4.69) is 0 Å². The lowest BCUT2D eigenvalue weighted by Gasteiger charge is -2.03. The van der Waals surface area contributed by atoms with Gasteiger partial charge in [-0.25, -0.2) is 4.79 Å². The van der Waals surface area contributed by atoms with Crippen LogP contribution in [-0.2, 0) is 9.53 Å². The second-order valence-electron chi connectivity index (χ2n) is 5.00. The average Bonchev–Trinajstić information content (AvgIpc) is 2.74. The van der Waals surface area contributed by atoms with Gasteiger partial charge < -0.3 is 14.3 Å². The predicted molar refractivity (Wildman–Crippen MR) is 77.7 cm³/mol. The fourth-order valence-corrected chi connectivity index (χ4v) is 2.37. The maximum absolute atomic E-state index is 11.4. The SMILES string of the molecule is COC=C(C(=O)O)c1cccc2c(C)c(C(C)C)oc12. The van der Waals surface area contributed by atoms with Crippen molar-refractivity contribution in [2.45, 2.75) is 26.7 Å². The highest BCUT2D eigenvalue weighted by Gasteiger charge is 2.20. The molecule has 2 aromatic rings. The number of ether oxygens (including phenoxy) is 1. The Balaban J connectivity index is 2.75. The zero-order chi connectivity index (χ0) is 14.9. The minimum absolute atomic E-state index is 0.0853. The molecule has 1 aromatic heterocycles. The van der Waals surface area contributed by atoms with E-state index in [0.717, 1.165) is 16.7 Å². The number of furan rings is 1. The molecule has 0 unspecified atom stereocenters. The molecule has 0 radical (unpaired) electrons. The quantitative estimate of drug-likeness (QED) is 0.677. The van der Waals surface area contributed by atoms with Crippen LogP contribution < -0.4 is 0 Å². The van der Waals surface area contributed by atoms with Crippen LogP contribution in [0.15, 0.2) is 28.9 Å². The van der Waals surface area contributed by atoms with E-state index < -0.39 is 5.97 Å². The van der Waals surface area contributed by atoms with Gasteiger partial charge in [0.05, 0.1) is 13.4 Å². The van der Waals surface area contributed by atoms with Gasteiger partial charge in [-0.05, 0) is 12.5 Å². The Morgan fingerprint density at radius 1 is 1.40 bits per heavy atom. The van der Waals surface area contributed by atoms with Crippen LogP contribution >= 0.6 is 0 Å². The summed E-state index contributed by atoms with van der Waals surface area (Å²) in [5.41, 5.74) is 2.27. The monoisotopic (exact) mass is 274 g/mol. The largest absolute Gasteiger partial charge is 0.503 e. The summed E-state index contributed by atoms with van der Waals surface area (Å²) in [6.07, 6.45) is 1.23. The van der Waals surface area contributed by atoms with E-state index in [9.17, 15) is 9.90 Å². The van der Waals surface area contributed by atoms with E-state index in [1.807, 2.05) is 32.9 Å². The number of aryl methyl sites for hydroxylation is 1. The summed E-state index contributed by atoms with van der Waals surface area (Å²) >= 11 is 0. The highest BCUT2D eigenvalue weighted by molar-refractivity contribution is 6.18. The molecule has 20 heavy (non-hydrogen) atoms. The molecule has 0 aliphatic rings. The van der Waals surface area contributed by atoms with Crippen LogP contribution in [0, 0.1) is 6.92 Å². The number of carbonyl (C=O) groups is 1. The second-order valence-corrected chi connectivity index (χ2v) is 5.00. The van der Waals surface area contributed by atoms with E-state index in [0.29, 0.717) is 11.1 Å². The molecule has 0 amide bonds. The molecule has 1 aromatic carbocycles. The molecule has 0 saturated carbocycles. The van der Waals surface area contributed by atoms with Crippen molar-refractivity contribution >= 4 is 22.5 Å². The molecule has 0 saturated heterocycles. The van der Waals surface area contributed by atoms with Crippen LogP contribution in [0.5, 0.6) is 0 Å². The zero-order valence-corrected chi connectivity index (χ0v) is 12.1. The molecule has 106 valence electrons. The van der Waals surface area contributed by atoms with Crippen LogP contribution in [-0.4, -0.2) is 18.2 Å². The number of carboxylic acids is 1. The third-order valence-corrected chi connectivity index (χ3v) is 3.28. The summed E-state index contributed by atoms with van der Waals surface area (Å²) in [6, 6.07) is 5.50. The normalized spacial score (nSPS) is 12.2. The van der Waals surface area contributed by atoms with E-state index in [4.69, 9.17) is 9.15 Å². The van der Waals surface area contributed by atoms with Crippen molar-refractivity contribution < 1.29 is 19.1 Å². The Morgan fingerprint density at radius 3 is 2.65 bits per heavy atom. The maximum Gasteiger partial charge on any atom is 0.339 e. The number of hydrogen-bond acceptors (Lipinski definition) is 3. The molecule has 0 bridgehead atoms. The van der Waals surface area contributed by atoms with E-state index in [-0.39, 0.29) is 11.5 Å². The molecule has 0 aliphatic carbocycles. The summed E-state index contributed by atoms with van der Waals surface area (Å²) < 4.78 is 10.8. The highest BCUT2D eigenvalue weighted by Crippen LogP contribution is 2.34. The Kier molecular flexibility index (Phi) is 3.84. The van der Waals surface area contributed by atoms with E-state index >= 15 is 0 Å².